The number of carbonyl (C=O) groups is 2. The van der Waals surface area contributed by atoms with Crippen molar-refractivity contribution in [3.8, 4) is 5.69 Å². The van der Waals surface area contributed by atoms with Gasteiger partial charge in [-0.05, 0) is 24.3 Å². The predicted molar refractivity (Wildman–Crippen MR) is 76.8 cm³/mol. The van der Waals surface area contributed by atoms with Gasteiger partial charge >= 0.3 is 5.97 Å². The van der Waals surface area contributed by atoms with Gasteiger partial charge in [0.15, 0.2) is 11.7 Å². The lowest BCUT2D eigenvalue weighted by Gasteiger charge is -2.32. The molecule has 3 rings (SSSR count). The number of rotatable bonds is 3. The first-order chi connectivity index (χ1) is 11.1. The van der Waals surface area contributed by atoms with Gasteiger partial charge in [-0.25, -0.2) is 13.9 Å². The maximum Gasteiger partial charge on any atom is 0.328 e. The molecule has 0 radical (unpaired) electrons. The average molecular weight is 319 g/mol. The molecule has 1 aliphatic rings. The number of hydrogen-bond acceptors (Lipinski definition) is 4. The van der Waals surface area contributed by atoms with Crippen LogP contribution < -0.4 is 0 Å². The van der Waals surface area contributed by atoms with Crippen molar-refractivity contribution in [3.63, 3.8) is 0 Å². The number of carbonyl (C=O) groups excluding carboxylic acids is 1. The second kappa shape index (κ2) is 6.17. The third-order valence-corrected chi connectivity index (χ3v) is 3.56. The van der Waals surface area contributed by atoms with Crippen molar-refractivity contribution >= 4 is 11.9 Å². The summed E-state index contributed by atoms with van der Waals surface area (Å²) in [6.45, 7) is 0.411. The van der Waals surface area contributed by atoms with Gasteiger partial charge in [0.1, 0.15) is 5.82 Å². The van der Waals surface area contributed by atoms with Crippen LogP contribution in [0.3, 0.4) is 0 Å². The number of aliphatic carboxylic acids is 1. The number of hydrogen-bond donors (Lipinski definition) is 1. The van der Waals surface area contributed by atoms with Crippen molar-refractivity contribution in [1.29, 1.82) is 0 Å². The van der Waals surface area contributed by atoms with E-state index in [-0.39, 0.29) is 25.5 Å². The molecular weight excluding hydrogens is 305 g/mol. The molecule has 1 aliphatic heterocycles. The van der Waals surface area contributed by atoms with Gasteiger partial charge in [-0.15, -0.1) is 0 Å². The van der Waals surface area contributed by atoms with Crippen LogP contribution >= 0.6 is 0 Å². The zero-order valence-electron chi connectivity index (χ0n) is 12.1. The van der Waals surface area contributed by atoms with Crippen LogP contribution in [0.5, 0.6) is 0 Å². The Balaban J connectivity index is 1.84. The Kier molecular flexibility index (Phi) is 4.07. The fourth-order valence-corrected chi connectivity index (χ4v) is 2.40. The van der Waals surface area contributed by atoms with Crippen molar-refractivity contribution in [3.05, 3.63) is 48.0 Å². The highest BCUT2D eigenvalue weighted by Crippen LogP contribution is 2.14. The second-order valence-corrected chi connectivity index (χ2v) is 5.05. The number of benzene rings is 1. The minimum atomic E-state index is -1.12. The van der Waals surface area contributed by atoms with E-state index in [1.807, 2.05) is 0 Å². The molecule has 1 N–H and O–H groups in total. The maximum absolute atomic E-state index is 13.3. The first-order valence-corrected chi connectivity index (χ1v) is 6.99. The van der Waals surface area contributed by atoms with Crippen LogP contribution in [-0.2, 0) is 9.53 Å². The van der Waals surface area contributed by atoms with E-state index in [9.17, 15) is 19.1 Å². The molecule has 2 heterocycles. The molecule has 1 aromatic heterocycles. The van der Waals surface area contributed by atoms with E-state index < -0.39 is 23.7 Å². The number of morpholine rings is 1. The molecule has 23 heavy (non-hydrogen) atoms. The van der Waals surface area contributed by atoms with Crippen molar-refractivity contribution in [1.82, 2.24) is 14.7 Å². The smallest absolute Gasteiger partial charge is 0.328 e. The van der Waals surface area contributed by atoms with Gasteiger partial charge in [0.2, 0.25) is 0 Å². The molecule has 7 nitrogen and oxygen atoms in total. The zero-order chi connectivity index (χ0) is 16.4. The van der Waals surface area contributed by atoms with E-state index in [0.29, 0.717) is 5.69 Å². The first kappa shape index (κ1) is 15.2. The lowest BCUT2D eigenvalue weighted by Crippen LogP contribution is -2.52. The molecule has 120 valence electrons. The molecule has 1 aromatic carbocycles. The van der Waals surface area contributed by atoms with Crippen molar-refractivity contribution in [2.24, 2.45) is 0 Å². The van der Waals surface area contributed by atoms with Gasteiger partial charge in [-0.3, -0.25) is 4.79 Å². The van der Waals surface area contributed by atoms with Crippen molar-refractivity contribution < 1.29 is 23.8 Å². The number of halogens is 1. The lowest BCUT2D eigenvalue weighted by molar-refractivity contribution is -0.147. The Hall–Kier alpha value is -2.74. The van der Waals surface area contributed by atoms with E-state index >= 15 is 0 Å². The molecule has 8 heteroatoms. The van der Waals surface area contributed by atoms with Crippen LogP contribution in [0.2, 0.25) is 0 Å². The monoisotopic (exact) mass is 319 g/mol. The standard InChI is InChI=1S/C15H14FN3O4/c16-10-2-1-3-11(8-10)19-5-4-12(17-19)14(20)18-6-7-23-9-13(18)15(21)22/h1-5,8,13H,6-7,9H2,(H,21,22)/t13-/m1/s1. The minimum Gasteiger partial charge on any atom is -0.480 e. The van der Waals surface area contributed by atoms with Crippen LogP contribution in [0.25, 0.3) is 5.69 Å². The zero-order valence-corrected chi connectivity index (χ0v) is 12.1. The maximum atomic E-state index is 13.3. The Bertz CT molecular complexity index is 746. The van der Waals surface area contributed by atoms with Crippen LogP contribution in [0.1, 0.15) is 10.5 Å². The van der Waals surface area contributed by atoms with Gasteiger partial charge in [0.25, 0.3) is 5.91 Å². The molecule has 1 amide bonds. The summed E-state index contributed by atoms with van der Waals surface area (Å²) < 4.78 is 19.7. The molecule has 0 spiro atoms. The summed E-state index contributed by atoms with van der Waals surface area (Å²) in [6.07, 6.45) is 1.53. The highest BCUT2D eigenvalue weighted by atomic mass is 19.1. The Morgan fingerprint density at radius 3 is 2.91 bits per heavy atom. The van der Waals surface area contributed by atoms with E-state index in [1.165, 1.54) is 40.0 Å². The Morgan fingerprint density at radius 1 is 1.35 bits per heavy atom. The average Bonchev–Trinajstić information content (AvgIpc) is 3.04. The van der Waals surface area contributed by atoms with Crippen molar-refractivity contribution in [2.75, 3.05) is 19.8 Å². The highest BCUT2D eigenvalue weighted by Gasteiger charge is 2.34. The normalized spacial score (nSPS) is 18.0. The Labute approximate surface area is 130 Å². The lowest BCUT2D eigenvalue weighted by atomic mass is 10.2. The van der Waals surface area contributed by atoms with Gasteiger partial charge in [0, 0.05) is 12.7 Å². The number of aromatic nitrogens is 2. The van der Waals surface area contributed by atoms with E-state index in [4.69, 9.17) is 4.74 Å². The van der Waals surface area contributed by atoms with E-state index in [2.05, 4.69) is 5.10 Å². The summed E-state index contributed by atoms with van der Waals surface area (Å²) >= 11 is 0. The molecule has 0 bridgehead atoms. The number of carboxylic acid groups (broad SMARTS) is 1. The summed E-state index contributed by atoms with van der Waals surface area (Å²) in [5.74, 6) is -2.02. The SMILES string of the molecule is O=C(O)[C@H]1COCCN1C(=O)c1ccn(-c2cccc(F)c2)n1. The summed E-state index contributed by atoms with van der Waals surface area (Å²) in [5, 5.41) is 13.3. The number of amides is 1. The number of nitrogens with zero attached hydrogens (tertiary/aromatic N) is 3. The minimum absolute atomic E-state index is 0.0499. The van der Waals surface area contributed by atoms with Crippen LogP contribution in [-0.4, -0.2) is 57.5 Å². The third-order valence-electron chi connectivity index (χ3n) is 3.56. The largest absolute Gasteiger partial charge is 0.480 e. The molecule has 0 saturated carbocycles. The number of ether oxygens (including phenoxy) is 1. The van der Waals surface area contributed by atoms with Crippen molar-refractivity contribution in [2.45, 2.75) is 6.04 Å². The fourth-order valence-electron chi connectivity index (χ4n) is 2.40. The van der Waals surface area contributed by atoms with E-state index in [0.717, 1.165) is 0 Å². The second-order valence-electron chi connectivity index (χ2n) is 5.05. The molecule has 0 aliphatic carbocycles. The molecule has 1 saturated heterocycles. The summed E-state index contributed by atoms with van der Waals surface area (Å²) in [5.41, 5.74) is 0.572. The molecule has 2 aromatic rings. The summed E-state index contributed by atoms with van der Waals surface area (Å²) in [6, 6.07) is 6.23. The van der Waals surface area contributed by atoms with Crippen LogP contribution in [0, 0.1) is 5.82 Å². The molecular formula is C15H14FN3O4. The first-order valence-electron chi connectivity index (χ1n) is 6.99. The predicted octanol–water partition coefficient (Wildman–Crippen LogP) is 0.937. The van der Waals surface area contributed by atoms with Gasteiger partial charge in [-0.1, -0.05) is 6.07 Å². The summed E-state index contributed by atoms with van der Waals surface area (Å²) in [4.78, 5) is 24.9. The molecule has 1 atom stereocenters. The van der Waals surface area contributed by atoms with Crippen LogP contribution in [0.15, 0.2) is 36.5 Å². The quantitative estimate of drug-likeness (QED) is 0.910. The third kappa shape index (κ3) is 3.07. The van der Waals surface area contributed by atoms with Gasteiger partial charge in [-0.2, -0.15) is 5.10 Å². The molecule has 0 unspecified atom stereocenters. The highest BCUT2D eigenvalue weighted by molar-refractivity contribution is 5.95. The topological polar surface area (TPSA) is 84.7 Å². The van der Waals surface area contributed by atoms with Gasteiger partial charge in [0.05, 0.1) is 18.9 Å². The number of carboxylic acids is 1. The van der Waals surface area contributed by atoms with Crippen LogP contribution in [0.4, 0.5) is 4.39 Å². The molecule has 1 fully saturated rings. The summed E-state index contributed by atoms with van der Waals surface area (Å²) in [7, 11) is 0. The fraction of sp³-hybridized carbons (Fsp3) is 0.267. The van der Waals surface area contributed by atoms with E-state index in [1.54, 1.807) is 6.07 Å². The Morgan fingerprint density at radius 2 is 2.17 bits per heavy atom. The van der Waals surface area contributed by atoms with Gasteiger partial charge < -0.3 is 14.7 Å².